The summed E-state index contributed by atoms with van der Waals surface area (Å²) < 4.78 is 12.7. The Labute approximate surface area is 127 Å². The summed E-state index contributed by atoms with van der Waals surface area (Å²) in [6, 6.07) is 13.8. The van der Waals surface area contributed by atoms with Crippen molar-refractivity contribution in [3.63, 3.8) is 0 Å². The van der Waals surface area contributed by atoms with Gasteiger partial charge in [-0.3, -0.25) is 4.79 Å². The van der Waals surface area contributed by atoms with Gasteiger partial charge in [-0.1, -0.05) is 29.8 Å². The zero-order chi connectivity index (χ0) is 15.1. The number of amides is 1. The smallest absolute Gasteiger partial charge is 0.250 e. The number of carbonyl (C=O) groups excluding carboxylic acids is 1. The van der Waals surface area contributed by atoms with E-state index in [1.165, 1.54) is 35.7 Å². The molecule has 0 heterocycles. The van der Waals surface area contributed by atoms with Gasteiger partial charge in [-0.2, -0.15) is 5.10 Å². The predicted octanol–water partition coefficient (Wildman–Crippen LogP) is 3.38. The molecular formula is C16H15FN2OS. The highest BCUT2D eigenvalue weighted by atomic mass is 32.2. The number of nitrogens with one attached hydrogen (secondary N) is 1. The molecule has 1 N–H and O–H groups in total. The molecule has 0 aliphatic rings. The lowest BCUT2D eigenvalue weighted by molar-refractivity contribution is -0.118. The fourth-order valence-corrected chi connectivity index (χ4v) is 2.23. The van der Waals surface area contributed by atoms with Crippen LogP contribution in [0.15, 0.2) is 58.5 Å². The third-order valence-corrected chi connectivity index (χ3v) is 3.68. The Morgan fingerprint density at radius 2 is 1.86 bits per heavy atom. The molecule has 0 aromatic heterocycles. The van der Waals surface area contributed by atoms with Crippen LogP contribution in [0, 0.1) is 12.7 Å². The Bertz CT molecular complexity index is 624. The summed E-state index contributed by atoms with van der Waals surface area (Å²) in [7, 11) is 0. The Morgan fingerprint density at radius 1 is 1.19 bits per heavy atom. The van der Waals surface area contributed by atoms with Crippen molar-refractivity contribution in [1.29, 1.82) is 0 Å². The molecule has 1 amide bonds. The van der Waals surface area contributed by atoms with Crippen molar-refractivity contribution in [2.75, 3.05) is 5.75 Å². The molecule has 0 aliphatic carbocycles. The normalized spacial score (nSPS) is 10.8. The molecular weight excluding hydrogens is 287 g/mol. The van der Waals surface area contributed by atoms with Crippen molar-refractivity contribution in [3.05, 3.63) is 65.5 Å². The first-order chi connectivity index (χ1) is 10.1. The molecule has 0 fully saturated rings. The zero-order valence-electron chi connectivity index (χ0n) is 11.5. The molecule has 0 aliphatic heterocycles. The maximum Gasteiger partial charge on any atom is 0.250 e. The molecule has 0 radical (unpaired) electrons. The SMILES string of the molecule is Cc1ccc(SCC(=O)N/N=C/c2ccc(F)cc2)cc1. The van der Waals surface area contributed by atoms with Gasteiger partial charge in [-0.15, -0.1) is 11.8 Å². The van der Waals surface area contributed by atoms with Crippen LogP contribution < -0.4 is 5.43 Å². The van der Waals surface area contributed by atoms with Crippen molar-refractivity contribution in [3.8, 4) is 0 Å². The Balaban J connectivity index is 1.77. The van der Waals surface area contributed by atoms with Gasteiger partial charge < -0.3 is 0 Å². The van der Waals surface area contributed by atoms with E-state index in [4.69, 9.17) is 0 Å². The molecule has 0 bridgehead atoms. The molecule has 21 heavy (non-hydrogen) atoms. The highest BCUT2D eigenvalue weighted by molar-refractivity contribution is 8.00. The minimum atomic E-state index is -0.300. The van der Waals surface area contributed by atoms with E-state index in [0.29, 0.717) is 5.75 Å². The molecule has 2 aromatic rings. The van der Waals surface area contributed by atoms with E-state index in [0.717, 1.165) is 10.5 Å². The zero-order valence-corrected chi connectivity index (χ0v) is 12.4. The molecule has 0 unspecified atom stereocenters. The molecule has 2 aromatic carbocycles. The lowest BCUT2D eigenvalue weighted by Gasteiger charge is -2.01. The highest BCUT2D eigenvalue weighted by Gasteiger charge is 2.01. The van der Waals surface area contributed by atoms with Crippen LogP contribution in [0.3, 0.4) is 0 Å². The van der Waals surface area contributed by atoms with E-state index in [1.54, 1.807) is 12.1 Å². The molecule has 0 atom stereocenters. The number of benzene rings is 2. The summed E-state index contributed by atoms with van der Waals surface area (Å²) in [6.07, 6.45) is 1.48. The minimum Gasteiger partial charge on any atom is -0.272 e. The van der Waals surface area contributed by atoms with Crippen molar-refractivity contribution < 1.29 is 9.18 Å². The monoisotopic (exact) mass is 302 g/mol. The molecule has 108 valence electrons. The summed E-state index contributed by atoms with van der Waals surface area (Å²) in [5, 5.41) is 3.84. The number of rotatable bonds is 5. The maximum absolute atomic E-state index is 12.7. The first-order valence-corrected chi connectivity index (χ1v) is 7.39. The summed E-state index contributed by atoms with van der Waals surface area (Å²) in [5.74, 6) is -0.186. The predicted molar refractivity (Wildman–Crippen MR) is 84.0 cm³/mol. The van der Waals surface area contributed by atoms with Crippen LogP contribution in [0.25, 0.3) is 0 Å². The summed E-state index contributed by atoms with van der Waals surface area (Å²) in [4.78, 5) is 12.7. The Morgan fingerprint density at radius 3 is 2.52 bits per heavy atom. The third-order valence-electron chi connectivity index (χ3n) is 2.66. The standard InChI is InChI=1S/C16H15FN2OS/c1-12-2-8-15(9-3-12)21-11-16(20)19-18-10-13-4-6-14(17)7-5-13/h2-10H,11H2,1H3,(H,19,20)/b18-10+. The second kappa shape index (κ2) is 7.59. The van der Waals surface area contributed by atoms with Gasteiger partial charge in [0, 0.05) is 4.90 Å². The number of nitrogens with zero attached hydrogens (tertiary/aromatic N) is 1. The van der Waals surface area contributed by atoms with Crippen molar-refractivity contribution in [2.45, 2.75) is 11.8 Å². The Kier molecular flexibility index (Phi) is 5.51. The molecule has 2 rings (SSSR count). The average molecular weight is 302 g/mol. The van der Waals surface area contributed by atoms with E-state index < -0.39 is 0 Å². The lowest BCUT2D eigenvalue weighted by Crippen LogP contribution is -2.19. The van der Waals surface area contributed by atoms with Crippen LogP contribution in [0.4, 0.5) is 4.39 Å². The number of hydrogen-bond acceptors (Lipinski definition) is 3. The van der Waals surface area contributed by atoms with Gasteiger partial charge >= 0.3 is 0 Å². The van der Waals surface area contributed by atoms with E-state index in [9.17, 15) is 9.18 Å². The van der Waals surface area contributed by atoms with Gasteiger partial charge in [-0.05, 0) is 36.8 Å². The number of carbonyl (C=O) groups is 1. The molecule has 0 saturated heterocycles. The maximum atomic E-state index is 12.7. The van der Waals surface area contributed by atoms with Crippen LogP contribution >= 0.6 is 11.8 Å². The van der Waals surface area contributed by atoms with Gasteiger partial charge in [0.1, 0.15) is 5.82 Å². The number of thioether (sulfide) groups is 1. The fraction of sp³-hybridized carbons (Fsp3) is 0.125. The van der Waals surface area contributed by atoms with Crippen LogP contribution in [0.2, 0.25) is 0 Å². The van der Waals surface area contributed by atoms with Crippen LogP contribution in [-0.4, -0.2) is 17.9 Å². The van der Waals surface area contributed by atoms with Gasteiger partial charge in [0.2, 0.25) is 5.91 Å². The second-order valence-corrected chi connectivity index (χ2v) is 5.50. The summed E-state index contributed by atoms with van der Waals surface area (Å²) in [6.45, 7) is 2.02. The minimum absolute atomic E-state index is 0.182. The molecule has 5 heteroatoms. The van der Waals surface area contributed by atoms with Crippen LogP contribution in [0.1, 0.15) is 11.1 Å². The van der Waals surface area contributed by atoms with E-state index in [1.807, 2.05) is 31.2 Å². The molecule has 3 nitrogen and oxygen atoms in total. The first kappa shape index (κ1) is 15.3. The van der Waals surface area contributed by atoms with Gasteiger partial charge in [0.25, 0.3) is 0 Å². The lowest BCUT2D eigenvalue weighted by atomic mass is 10.2. The van der Waals surface area contributed by atoms with E-state index >= 15 is 0 Å². The number of hydrazone groups is 1. The van der Waals surface area contributed by atoms with E-state index in [-0.39, 0.29) is 11.7 Å². The molecule has 0 spiro atoms. The largest absolute Gasteiger partial charge is 0.272 e. The highest BCUT2D eigenvalue weighted by Crippen LogP contribution is 2.17. The van der Waals surface area contributed by atoms with Crippen molar-refractivity contribution in [2.24, 2.45) is 5.10 Å². The number of halogens is 1. The second-order valence-electron chi connectivity index (χ2n) is 4.45. The quantitative estimate of drug-likeness (QED) is 0.522. The molecule has 0 saturated carbocycles. The van der Waals surface area contributed by atoms with Gasteiger partial charge in [-0.25, -0.2) is 9.82 Å². The van der Waals surface area contributed by atoms with Crippen molar-refractivity contribution in [1.82, 2.24) is 5.43 Å². The third kappa shape index (κ3) is 5.39. The van der Waals surface area contributed by atoms with Crippen LogP contribution in [-0.2, 0) is 4.79 Å². The topological polar surface area (TPSA) is 41.5 Å². The first-order valence-electron chi connectivity index (χ1n) is 6.40. The van der Waals surface area contributed by atoms with Crippen LogP contribution in [0.5, 0.6) is 0 Å². The van der Waals surface area contributed by atoms with Gasteiger partial charge in [0.05, 0.1) is 12.0 Å². The average Bonchev–Trinajstić information content (AvgIpc) is 2.49. The summed E-state index contributed by atoms with van der Waals surface area (Å²) >= 11 is 1.45. The van der Waals surface area contributed by atoms with Crippen molar-refractivity contribution >= 4 is 23.9 Å². The van der Waals surface area contributed by atoms with E-state index in [2.05, 4.69) is 10.5 Å². The number of hydrogen-bond donors (Lipinski definition) is 1. The summed E-state index contributed by atoms with van der Waals surface area (Å²) in [5.41, 5.74) is 4.36. The fourth-order valence-electron chi connectivity index (χ4n) is 1.54. The van der Waals surface area contributed by atoms with Gasteiger partial charge in [0.15, 0.2) is 0 Å². The number of aryl methyl sites for hydroxylation is 1. The Hall–Kier alpha value is -2.14.